The zero-order valence-electron chi connectivity index (χ0n) is 12.0. The minimum Gasteiger partial charge on any atom is -0.456 e. The first-order valence-corrected chi connectivity index (χ1v) is 7.56. The number of hydrogen-bond donors (Lipinski definition) is 1. The molecule has 0 spiro atoms. The third-order valence-corrected chi connectivity index (χ3v) is 3.67. The molecular formula is C15H18BrN3O2. The number of rotatable bonds is 5. The third kappa shape index (κ3) is 4.07. The Kier molecular flexibility index (Phi) is 5.01. The normalized spacial score (nSPS) is 12.1. The molecule has 0 fully saturated rings. The molecule has 0 aliphatic heterocycles. The molecule has 1 heterocycles. The summed E-state index contributed by atoms with van der Waals surface area (Å²) in [6, 6.07) is 7.18. The van der Waals surface area contributed by atoms with E-state index in [9.17, 15) is 4.79 Å². The SMILES string of the molecule is CCC(C)n1ccc(COC(=O)c2cc(N)cc(Br)c2)n1. The number of benzene rings is 1. The summed E-state index contributed by atoms with van der Waals surface area (Å²) in [5.74, 6) is -0.416. The number of hydrogen-bond acceptors (Lipinski definition) is 4. The van der Waals surface area contributed by atoms with Crippen LogP contribution in [0, 0.1) is 0 Å². The van der Waals surface area contributed by atoms with Crippen molar-refractivity contribution in [3.63, 3.8) is 0 Å². The summed E-state index contributed by atoms with van der Waals surface area (Å²) in [5, 5.41) is 4.39. The Morgan fingerprint density at radius 3 is 2.90 bits per heavy atom. The standard InChI is InChI=1S/C15H18BrN3O2/c1-3-10(2)19-5-4-14(18-19)9-21-15(20)11-6-12(16)8-13(17)7-11/h4-8,10H,3,9,17H2,1-2H3. The van der Waals surface area contributed by atoms with Gasteiger partial charge in [0, 0.05) is 22.4 Å². The van der Waals surface area contributed by atoms with Gasteiger partial charge in [-0.05, 0) is 37.6 Å². The number of anilines is 1. The van der Waals surface area contributed by atoms with Gasteiger partial charge in [-0.2, -0.15) is 5.10 Å². The van der Waals surface area contributed by atoms with Crippen LogP contribution >= 0.6 is 15.9 Å². The van der Waals surface area contributed by atoms with Gasteiger partial charge in [-0.3, -0.25) is 4.68 Å². The van der Waals surface area contributed by atoms with E-state index in [1.807, 2.05) is 16.9 Å². The lowest BCUT2D eigenvalue weighted by Crippen LogP contribution is -2.08. The van der Waals surface area contributed by atoms with Crippen LogP contribution in [0.3, 0.4) is 0 Å². The molecule has 1 aromatic carbocycles. The van der Waals surface area contributed by atoms with Crippen LogP contribution in [0.4, 0.5) is 5.69 Å². The molecule has 0 saturated heterocycles. The average Bonchev–Trinajstić information content (AvgIpc) is 2.91. The molecule has 1 atom stereocenters. The largest absolute Gasteiger partial charge is 0.456 e. The van der Waals surface area contributed by atoms with Crippen LogP contribution in [0.1, 0.15) is 42.4 Å². The molecule has 1 unspecified atom stereocenters. The van der Waals surface area contributed by atoms with Crippen molar-refractivity contribution in [3.05, 3.63) is 46.2 Å². The fourth-order valence-electron chi connectivity index (χ4n) is 1.84. The summed E-state index contributed by atoms with van der Waals surface area (Å²) in [5.41, 5.74) is 7.36. The van der Waals surface area contributed by atoms with E-state index in [0.29, 0.717) is 17.3 Å². The fraction of sp³-hybridized carbons (Fsp3) is 0.333. The molecule has 0 saturated carbocycles. The van der Waals surface area contributed by atoms with Gasteiger partial charge in [0.1, 0.15) is 6.61 Å². The molecule has 0 radical (unpaired) electrons. The number of nitrogens with zero attached hydrogens (tertiary/aromatic N) is 2. The first-order chi connectivity index (χ1) is 9.99. The highest BCUT2D eigenvalue weighted by molar-refractivity contribution is 9.10. The average molecular weight is 352 g/mol. The van der Waals surface area contributed by atoms with E-state index in [0.717, 1.165) is 16.6 Å². The van der Waals surface area contributed by atoms with E-state index < -0.39 is 5.97 Å². The van der Waals surface area contributed by atoms with E-state index in [2.05, 4.69) is 34.9 Å². The predicted octanol–water partition coefficient (Wildman–Crippen LogP) is 3.56. The van der Waals surface area contributed by atoms with Gasteiger partial charge >= 0.3 is 5.97 Å². The number of ether oxygens (including phenoxy) is 1. The topological polar surface area (TPSA) is 70.1 Å². The molecule has 2 rings (SSSR count). The molecule has 0 aliphatic carbocycles. The second-order valence-corrected chi connectivity index (χ2v) is 5.81. The molecule has 112 valence electrons. The monoisotopic (exact) mass is 351 g/mol. The Labute approximate surface area is 132 Å². The van der Waals surface area contributed by atoms with Gasteiger partial charge in [-0.25, -0.2) is 4.79 Å². The minimum atomic E-state index is -0.416. The summed E-state index contributed by atoms with van der Waals surface area (Å²) >= 11 is 3.30. The zero-order chi connectivity index (χ0) is 15.4. The summed E-state index contributed by atoms with van der Waals surface area (Å²) in [6.45, 7) is 4.34. The Hall–Kier alpha value is -1.82. The highest BCUT2D eigenvalue weighted by atomic mass is 79.9. The predicted molar refractivity (Wildman–Crippen MR) is 84.9 cm³/mol. The molecule has 21 heavy (non-hydrogen) atoms. The number of carbonyl (C=O) groups excluding carboxylic acids is 1. The summed E-state index contributed by atoms with van der Waals surface area (Å²) in [7, 11) is 0. The van der Waals surface area contributed by atoms with Crippen molar-refractivity contribution in [2.45, 2.75) is 32.9 Å². The molecule has 0 bridgehead atoms. The number of aromatic nitrogens is 2. The van der Waals surface area contributed by atoms with Crippen LogP contribution in [-0.4, -0.2) is 15.7 Å². The van der Waals surface area contributed by atoms with Crippen LogP contribution < -0.4 is 5.73 Å². The van der Waals surface area contributed by atoms with Crippen molar-refractivity contribution in [2.75, 3.05) is 5.73 Å². The maximum Gasteiger partial charge on any atom is 0.338 e. The molecule has 6 heteroatoms. The molecule has 0 aliphatic rings. The van der Waals surface area contributed by atoms with E-state index in [1.54, 1.807) is 18.2 Å². The van der Waals surface area contributed by atoms with Gasteiger partial charge in [-0.1, -0.05) is 22.9 Å². The Morgan fingerprint density at radius 2 is 2.24 bits per heavy atom. The Balaban J connectivity index is 1.99. The van der Waals surface area contributed by atoms with Crippen molar-refractivity contribution in [1.82, 2.24) is 9.78 Å². The van der Waals surface area contributed by atoms with E-state index in [4.69, 9.17) is 10.5 Å². The van der Waals surface area contributed by atoms with Crippen molar-refractivity contribution < 1.29 is 9.53 Å². The number of esters is 1. The lowest BCUT2D eigenvalue weighted by Gasteiger charge is -2.08. The van der Waals surface area contributed by atoms with Crippen LogP contribution in [0.25, 0.3) is 0 Å². The van der Waals surface area contributed by atoms with Gasteiger partial charge in [0.2, 0.25) is 0 Å². The Morgan fingerprint density at radius 1 is 1.48 bits per heavy atom. The highest BCUT2D eigenvalue weighted by Gasteiger charge is 2.11. The fourth-order valence-corrected chi connectivity index (χ4v) is 2.35. The summed E-state index contributed by atoms with van der Waals surface area (Å²) in [4.78, 5) is 12.0. The summed E-state index contributed by atoms with van der Waals surface area (Å²) < 4.78 is 7.88. The second-order valence-electron chi connectivity index (χ2n) is 4.89. The number of halogens is 1. The molecule has 5 nitrogen and oxygen atoms in total. The van der Waals surface area contributed by atoms with Gasteiger partial charge in [0.05, 0.1) is 11.3 Å². The lowest BCUT2D eigenvalue weighted by atomic mass is 10.2. The van der Waals surface area contributed by atoms with Gasteiger partial charge in [0.15, 0.2) is 0 Å². The molecule has 0 amide bonds. The number of nitrogen functional groups attached to an aromatic ring is 1. The van der Waals surface area contributed by atoms with Gasteiger partial charge < -0.3 is 10.5 Å². The molecule has 2 aromatic rings. The smallest absolute Gasteiger partial charge is 0.338 e. The quantitative estimate of drug-likeness (QED) is 0.660. The van der Waals surface area contributed by atoms with Crippen LogP contribution in [0.15, 0.2) is 34.9 Å². The first kappa shape index (κ1) is 15.6. The van der Waals surface area contributed by atoms with Crippen molar-refractivity contribution in [1.29, 1.82) is 0 Å². The van der Waals surface area contributed by atoms with E-state index >= 15 is 0 Å². The maximum atomic E-state index is 12.0. The number of carbonyl (C=O) groups is 1. The molecule has 2 N–H and O–H groups in total. The van der Waals surface area contributed by atoms with Crippen molar-refractivity contribution in [2.24, 2.45) is 0 Å². The van der Waals surface area contributed by atoms with E-state index in [1.165, 1.54) is 0 Å². The Bertz CT molecular complexity index is 619. The second kappa shape index (κ2) is 6.76. The highest BCUT2D eigenvalue weighted by Crippen LogP contribution is 2.18. The minimum absolute atomic E-state index is 0.148. The maximum absolute atomic E-state index is 12.0. The van der Waals surface area contributed by atoms with Crippen LogP contribution in [0.5, 0.6) is 0 Å². The van der Waals surface area contributed by atoms with Crippen molar-refractivity contribution in [3.8, 4) is 0 Å². The first-order valence-electron chi connectivity index (χ1n) is 6.76. The third-order valence-electron chi connectivity index (χ3n) is 3.21. The molecule has 1 aromatic heterocycles. The number of nitrogens with two attached hydrogens (primary N) is 1. The van der Waals surface area contributed by atoms with Gasteiger partial charge in [-0.15, -0.1) is 0 Å². The van der Waals surface area contributed by atoms with Gasteiger partial charge in [0.25, 0.3) is 0 Å². The summed E-state index contributed by atoms with van der Waals surface area (Å²) in [6.07, 6.45) is 2.90. The van der Waals surface area contributed by atoms with Crippen LogP contribution in [-0.2, 0) is 11.3 Å². The lowest BCUT2D eigenvalue weighted by molar-refractivity contribution is 0.0466. The van der Waals surface area contributed by atoms with Crippen molar-refractivity contribution >= 4 is 27.6 Å². The van der Waals surface area contributed by atoms with E-state index in [-0.39, 0.29) is 6.61 Å². The van der Waals surface area contributed by atoms with Crippen LogP contribution in [0.2, 0.25) is 0 Å². The molecular weight excluding hydrogens is 334 g/mol. The zero-order valence-corrected chi connectivity index (χ0v) is 13.6.